The minimum atomic E-state index is -0.0948. The van der Waals surface area contributed by atoms with E-state index in [1.54, 1.807) is 65.5 Å². The molecule has 146 valence electrons. The van der Waals surface area contributed by atoms with Crippen LogP contribution in [0.3, 0.4) is 0 Å². The molecule has 0 bridgehead atoms. The van der Waals surface area contributed by atoms with E-state index in [0.717, 1.165) is 5.56 Å². The van der Waals surface area contributed by atoms with Crippen molar-refractivity contribution in [3.05, 3.63) is 69.7 Å². The van der Waals surface area contributed by atoms with Gasteiger partial charge in [-0.1, -0.05) is 29.3 Å². The highest BCUT2D eigenvalue weighted by atomic mass is 35.5. The summed E-state index contributed by atoms with van der Waals surface area (Å²) in [5.74, 6) is 0.574. The smallest absolute Gasteiger partial charge is 0.253 e. The molecule has 2 aromatic carbocycles. The van der Waals surface area contributed by atoms with Crippen molar-refractivity contribution in [3.8, 4) is 5.75 Å². The first-order chi connectivity index (χ1) is 13.5. The molecule has 1 aliphatic heterocycles. The van der Waals surface area contributed by atoms with Gasteiger partial charge in [-0.15, -0.1) is 0 Å². The van der Waals surface area contributed by atoms with Crippen molar-refractivity contribution in [2.75, 3.05) is 33.3 Å². The SMILES string of the molecule is COc1ccc(C(=O)N2CCN(C(=O)/C=C/c3ccc(Cl)c(Cl)c3)CC2)cc1. The number of nitrogens with zero attached hydrogens (tertiary/aromatic N) is 2. The summed E-state index contributed by atoms with van der Waals surface area (Å²) in [6.07, 6.45) is 3.22. The van der Waals surface area contributed by atoms with E-state index in [0.29, 0.717) is 47.5 Å². The van der Waals surface area contributed by atoms with Gasteiger partial charge in [-0.3, -0.25) is 9.59 Å². The number of hydrogen-bond acceptors (Lipinski definition) is 3. The Morgan fingerprint density at radius 3 is 2.18 bits per heavy atom. The maximum Gasteiger partial charge on any atom is 0.253 e. The molecule has 0 atom stereocenters. The first-order valence-electron chi connectivity index (χ1n) is 8.83. The van der Waals surface area contributed by atoms with E-state index < -0.39 is 0 Å². The molecule has 0 N–H and O–H groups in total. The van der Waals surface area contributed by atoms with Gasteiger partial charge in [0.25, 0.3) is 5.91 Å². The number of amides is 2. The van der Waals surface area contributed by atoms with Gasteiger partial charge in [0.05, 0.1) is 17.2 Å². The van der Waals surface area contributed by atoms with Gasteiger partial charge in [0.15, 0.2) is 0 Å². The van der Waals surface area contributed by atoms with Crippen LogP contribution in [0.1, 0.15) is 15.9 Å². The fourth-order valence-electron chi connectivity index (χ4n) is 2.94. The fourth-order valence-corrected chi connectivity index (χ4v) is 3.24. The Morgan fingerprint density at radius 1 is 0.929 bits per heavy atom. The van der Waals surface area contributed by atoms with Crippen LogP contribution in [-0.2, 0) is 4.79 Å². The molecular weight excluding hydrogens is 399 g/mol. The van der Waals surface area contributed by atoms with Crippen molar-refractivity contribution in [1.29, 1.82) is 0 Å². The predicted octanol–water partition coefficient (Wildman–Crippen LogP) is 4.00. The summed E-state index contributed by atoms with van der Waals surface area (Å²) < 4.78 is 5.11. The lowest BCUT2D eigenvalue weighted by atomic mass is 10.1. The van der Waals surface area contributed by atoms with Crippen LogP contribution in [0.4, 0.5) is 0 Å². The molecule has 0 saturated carbocycles. The number of methoxy groups -OCH3 is 1. The molecule has 1 fully saturated rings. The van der Waals surface area contributed by atoms with Crippen LogP contribution >= 0.6 is 23.2 Å². The van der Waals surface area contributed by atoms with Gasteiger partial charge in [-0.25, -0.2) is 0 Å². The molecule has 0 radical (unpaired) electrons. The molecule has 7 heteroatoms. The number of carbonyl (C=O) groups is 2. The van der Waals surface area contributed by atoms with Gasteiger partial charge >= 0.3 is 0 Å². The minimum absolute atomic E-state index is 0.0406. The molecule has 1 saturated heterocycles. The number of ether oxygens (including phenoxy) is 1. The molecule has 5 nitrogen and oxygen atoms in total. The summed E-state index contributed by atoms with van der Waals surface area (Å²) in [6.45, 7) is 1.98. The Bertz CT molecular complexity index is 889. The third-order valence-corrected chi connectivity index (χ3v) is 5.32. The third-order valence-electron chi connectivity index (χ3n) is 4.58. The van der Waals surface area contributed by atoms with E-state index in [-0.39, 0.29) is 11.8 Å². The van der Waals surface area contributed by atoms with Crippen LogP contribution in [0.15, 0.2) is 48.5 Å². The number of benzene rings is 2. The summed E-state index contributed by atoms with van der Waals surface area (Å²) >= 11 is 11.9. The highest BCUT2D eigenvalue weighted by molar-refractivity contribution is 6.42. The molecule has 28 heavy (non-hydrogen) atoms. The Labute approximate surface area is 174 Å². The second-order valence-corrected chi connectivity index (χ2v) is 7.17. The van der Waals surface area contributed by atoms with E-state index in [2.05, 4.69) is 0 Å². The summed E-state index contributed by atoms with van der Waals surface area (Å²) in [5, 5.41) is 0.921. The van der Waals surface area contributed by atoms with E-state index in [1.165, 1.54) is 6.08 Å². The number of piperazine rings is 1. The van der Waals surface area contributed by atoms with Crippen LogP contribution in [0.5, 0.6) is 5.75 Å². The highest BCUT2D eigenvalue weighted by Gasteiger charge is 2.23. The lowest BCUT2D eigenvalue weighted by molar-refractivity contribution is -0.127. The molecule has 1 heterocycles. The van der Waals surface area contributed by atoms with Crippen molar-refractivity contribution in [2.24, 2.45) is 0 Å². The molecule has 1 aliphatic rings. The monoisotopic (exact) mass is 418 g/mol. The zero-order valence-electron chi connectivity index (χ0n) is 15.4. The fraction of sp³-hybridized carbons (Fsp3) is 0.238. The van der Waals surface area contributed by atoms with Gasteiger partial charge in [-0.05, 0) is 48.0 Å². The van der Waals surface area contributed by atoms with Gasteiger partial charge in [-0.2, -0.15) is 0 Å². The quantitative estimate of drug-likeness (QED) is 0.704. The van der Waals surface area contributed by atoms with Crippen LogP contribution in [0.2, 0.25) is 10.0 Å². The molecule has 0 spiro atoms. The van der Waals surface area contributed by atoms with Crippen molar-refractivity contribution in [3.63, 3.8) is 0 Å². The van der Waals surface area contributed by atoms with Crippen molar-refractivity contribution >= 4 is 41.1 Å². The predicted molar refractivity (Wildman–Crippen MR) is 111 cm³/mol. The Kier molecular flexibility index (Phi) is 6.60. The van der Waals surface area contributed by atoms with Crippen LogP contribution in [0, 0.1) is 0 Å². The Hall–Kier alpha value is -2.50. The first-order valence-corrected chi connectivity index (χ1v) is 9.59. The van der Waals surface area contributed by atoms with Crippen LogP contribution < -0.4 is 4.74 Å². The molecule has 3 rings (SSSR count). The maximum absolute atomic E-state index is 12.6. The minimum Gasteiger partial charge on any atom is -0.497 e. The summed E-state index contributed by atoms with van der Waals surface area (Å²) in [5.41, 5.74) is 1.41. The molecule has 0 aromatic heterocycles. The normalized spacial score (nSPS) is 14.4. The Morgan fingerprint density at radius 2 is 1.57 bits per heavy atom. The first kappa shape index (κ1) is 20.2. The topological polar surface area (TPSA) is 49.9 Å². The highest BCUT2D eigenvalue weighted by Crippen LogP contribution is 2.23. The summed E-state index contributed by atoms with van der Waals surface area (Å²) in [6, 6.07) is 12.2. The average molecular weight is 419 g/mol. The maximum atomic E-state index is 12.6. The number of rotatable bonds is 4. The van der Waals surface area contributed by atoms with Gasteiger partial charge in [0.2, 0.25) is 5.91 Å². The molecule has 0 aliphatic carbocycles. The number of hydrogen-bond donors (Lipinski definition) is 0. The number of halogens is 2. The second kappa shape index (κ2) is 9.13. The lowest BCUT2D eigenvalue weighted by Crippen LogP contribution is -2.50. The van der Waals surface area contributed by atoms with Crippen molar-refractivity contribution < 1.29 is 14.3 Å². The summed E-state index contributed by atoms with van der Waals surface area (Å²) in [4.78, 5) is 28.5. The second-order valence-electron chi connectivity index (χ2n) is 6.35. The van der Waals surface area contributed by atoms with E-state index in [9.17, 15) is 9.59 Å². The standard InChI is InChI=1S/C21H20Cl2N2O3/c1-28-17-6-4-16(5-7-17)21(27)25-12-10-24(11-13-25)20(26)9-3-15-2-8-18(22)19(23)14-15/h2-9,14H,10-13H2,1H3/b9-3+. The van der Waals surface area contributed by atoms with E-state index in [4.69, 9.17) is 27.9 Å². The Balaban J connectivity index is 1.55. The molecule has 2 amide bonds. The zero-order valence-corrected chi connectivity index (χ0v) is 16.9. The van der Waals surface area contributed by atoms with Gasteiger partial charge < -0.3 is 14.5 Å². The molecule has 0 unspecified atom stereocenters. The van der Waals surface area contributed by atoms with Gasteiger partial charge in [0.1, 0.15) is 5.75 Å². The van der Waals surface area contributed by atoms with Gasteiger partial charge in [0, 0.05) is 37.8 Å². The van der Waals surface area contributed by atoms with Crippen molar-refractivity contribution in [1.82, 2.24) is 9.80 Å². The lowest BCUT2D eigenvalue weighted by Gasteiger charge is -2.34. The van der Waals surface area contributed by atoms with E-state index in [1.807, 2.05) is 0 Å². The zero-order chi connectivity index (χ0) is 20.1. The molecular formula is C21H20Cl2N2O3. The van der Waals surface area contributed by atoms with Crippen molar-refractivity contribution in [2.45, 2.75) is 0 Å². The van der Waals surface area contributed by atoms with Crippen LogP contribution in [0.25, 0.3) is 6.08 Å². The third kappa shape index (κ3) is 4.86. The van der Waals surface area contributed by atoms with E-state index >= 15 is 0 Å². The largest absolute Gasteiger partial charge is 0.497 e. The van der Waals surface area contributed by atoms with Crippen LogP contribution in [-0.4, -0.2) is 54.9 Å². The summed E-state index contributed by atoms with van der Waals surface area (Å²) in [7, 11) is 1.59. The molecule has 2 aromatic rings. The number of carbonyl (C=O) groups excluding carboxylic acids is 2. The average Bonchev–Trinajstić information content (AvgIpc) is 2.74.